The first-order valence-corrected chi connectivity index (χ1v) is 13.7. The highest BCUT2D eigenvalue weighted by molar-refractivity contribution is 7.98. The van der Waals surface area contributed by atoms with Crippen LogP contribution >= 0.6 is 11.8 Å². The summed E-state index contributed by atoms with van der Waals surface area (Å²) >= 11 is 1.57. The lowest BCUT2D eigenvalue weighted by Crippen LogP contribution is -2.32. The summed E-state index contributed by atoms with van der Waals surface area (Å²) in [6, 6.07) is 17.6. The highest BCUT2D eigenvalue weighted by Gasteiger charge is 2.36. The number of thioether (sulfide) groups is 1. The number of esters is 1. The number of allylic oxidation sites excluding steroid dienone is 1. The van der Waals surface area contributed by atoms with Gasteiger partial charge in [-0.15, -0.1) is 5.10 Å². The average molecular weight is 505 g/mol. The Morgan fingerprint density at radius 2 is 1.92 bits per heavy atom. The highest BCUT2D eigenvalue weighted by Crippen LogP contribution is 2.38. The van der Waals surface area contributed by atoms with E-state index in [9.17, 15) is 4.79 Å². The van der Waals surface area contributed by atoms with Crippen molar-refractivity contribution in [1.82, 2.24) is 14.8 Å². The third-order valence-corrected chi connectivity index (χ3v) is 7.48. The Bertz CT molecular complexity index is 1230. The summed E-state index contributed by atoms with van der Waals surface area (Å²) in [4.78, 5) is 18.3. The number of anilines is 1. The molecule has 1 aromatic heterocycles. The quantitative estimate of drug-likeness (QED) is 0.292. The molecule has 2 aliphatic rings. The SMILES string of the molecule is CCOc1cccc(C2C(C(=O)OC3CCCCC3)=C(C)Nc3nc(SCc4ccccc4)nn32)c1. The second kappa shape index (κ2) is 11.2. The maximum Gasteiger partial charge on any atom is 0.338 e. The zero-order valence-corrected chi connectivity index (χ0v) is 21.6. The number of nitrogens with one attached hydrogen (secondary N) is 1. The summed E-state index contributed by atoms with van der Waals surface area (Å²) in [5.41, 5.74) is 3.41. The number of benzene rings is 2. The summed E-state index contributed by atoms with van der Waals surface area (Å²) in [5.74, 6) is 1.84. The third kappa shape index (κ3) is 5.43. The number of hydrogen-bond donors (Lipinski definition) is 1. The van der Waals surface area contributed by atoms with E-state index in [-0.39, 0.29) is 12.1 Å². The fourth-order valence-electron chi connectivity index (χ4n) is 4.83. The van der Waals surface area contributed by atoms with Gasteiger partial charge in [0.1, 0.15) is 17.9 Å². The van der Waals surface area contributed by atoms with Crippen LogP contribution in [-0.4, -0.2) is 33.4 Å². The van der Waals surface area contributed by atoms with Crippen LogP contribution in [0.3, 0.4) is 0 Å². The van der Waals surface area contributed by atoms with Crippen molar-refractivity contribution in [2.75, 3.05) is 11.9 Å². The molecule has 7 nitrogen and oxygen atoms in total. The van der Waals surface area contributed by atoms with Gasteiger partial charge in [-0.1, -0.05) is 60.6 Å². The van der Waals surface area contributed by atoms with Gasteiger partial charge in [0.2, 0.25) is 11.1 Å². The molecule has 2 heterocycles. The molecule has 5 rings (SSSR count). The lowest BCUT2D eigenvalue weighted by molar-refractivity contribution is -0.146. The van der Waals surface area contributed by atoms with E-state index in [2.05, 4.69) is 17.4 Å². The smallest absolute Gasteiger partial charge is 0.338 e. The number of rotatable bonds is 8. The predicted molar refractivity (Wildman–Crippen MR) is 141 cm³/mol. The normalized spacial score (nSPS) is 17.9. The fourth-order valence-corrected chi connectivity index (χ4v) is 5.61. The Morgan fingerprint density at radius 1 is 1.11 bits per heavy atom. The number of aromatic nitrogens is 3. The number of fused-ring (bicyclic) bond motifs is 1. The van der Waals surface area contributed by atoms with Crippen LogP contribution in [0.15, 0.2) is 71.0 Å². The molecule has 0 radical (unpaired) electrons. The van der Waals surface area contributed by atoms with E-state index in [1.54, 1.807) is 11.8 Å². The molecular weight excluding hydrogens is 472 g/mol. The van der Waals surface area contributed by atoms with Crippen LogP contribution in [-0.2, 0) is 15.3 Å². The van der Waals surface area contributed by atoms with Crippen molar-refractivity contribution in [3.05, 3.63) is 77.0 Å². The van der Waals surface area contributed by atoms with E-state index in [0.29, 0.717) is 23.3 Å². The van der Waals surface area contributed by atoms with Crippen molar-refractivity contribution >= 4 is 23.7 Å². The van der Waals surface area contributed by atoms with Gasteiger partial charge in [0.25, 0.3) is 0 Å². The minimum Gasteiger partial charge on any atom is -0.494 e. The number of carbonyl (C=O) groups is 1. The number of nitrogens with zero attached hydrogens (tertiary/aromatic N) is 3. The molecule has 3 aromatic rings. The van der Waals surface area contributed by atoms with E-state index < -0.39 is 6.04 Å². The first kappa shape index (κ1) is 24.4. The van der Waals surface area contributed by atoms with Gasteiger partial charge in [-0.25, -0.2) is 9.48 Å². The van der Waals surface area contributed by atoms with E-state index in [4.69, 9.17) is 19.6 Å². The maximum atomic E-state index is 13.6. The molecule has 36 heavy (non-hydrogen) atoms. The highest BCUT2D eigenvalue weighted by atomic mass is 32.2. The molecule has 0 saturated heterocycles. The monoisotopic (exact) mass is 504 g/mol. The molecule has 0 bridgehead atoms. The van der Waals surface area contributed by atoms with Crippen LogP contribution in [0.25, 0.3) is 0 Å². The topological polar surface area (TPSA) is 78.3 Å². The average Bonchev–Trinajstić information content (AvgIpc) is 3.30. The van der Waals surface area contributed by atoms with E-state index >= 15 is 0 Å². The van der Waals surface area contributed by atoms with Crippen LogP contribution in [0.2, 0.25) is 0 Å². The van der Waals surface area contributed by atoms with Gasteiger partial charge in [-0.3, -0.25) is 0 Å². The van der Waals surface area contributed by atoms with Gasteiger partial charge in [-0.2, -0.15) is 4.98 Å². The first-order chi connectivity index (χ1) is 17.6. The standard InChI is InChI=1S/C28H32N4O3S/c1-3-34-23-16-10-13-21(17-23)25-24(26(33)35-22-14-8-5-9-15-22)19(2)29-27-30-28(31-32(25)27)36-18-20-11-6-4-7-12-20/h4,6-7,10-13,16-17,22,25H,3,5,8-9,14-15,18H2,1-2H3,(H,29,30,31). The molecule has 1 unspecified atom stereocenters. The Hall–Kier alpha value is -3.26. The van der Waals surface area contributed by atoms with Crippen molar-refractivity contribution in [3.63, 3.8) is 0 Å². The van der Waals surface area contributed by atoms with E-state index in [1.165, 1.54) is 12.0 Å². The molecule has 8 heteroatoms. The second-order valence-electron chi connectivity index (χ2n) is 9.17. The van der Waals surface area contributed by atoms with Crippen LogP contribution < -0.4 is 10.1 Å². The summed E-state index contributed by atoms with van der Waals surface area (Å²) in [6.07, 6.45) is 5.22. The molecule has 1 aliphatic carbocycles. The summed E-state index contributed by atoms with van der Waals surface area (Å²) < 4.78 is 13.6. The van der Waals surface area contributed by atoms with Gasteiger partial charge in [-0.05, 0) is 62.8 Å². The van der Waals surface area contributed by atoms with Crippen LogP contribution in [0.4, 0.5) is 5.95 Å². The van der Waals surface area contributed by atoms with Crippen LogP contribution in [0.1, 0.15) is 63.1 Å². The molecule has 1 fully saturated rings. The largest absolute Gasteiger partial charge is 0.494 e. The second-order valence-corrected chi connectivity index (χ2v) is 10.1. The Balaban J connectivity index is 1.47. The summed E-state index contributed by atoms with van der Waals surface area (Å²) in [5, 5.41) is 8.80. The number of ether oxygens (including phenoxy) is 2. The van der Waals surface area contributed by atoms with Crippen molar-refractivity contribution in [1.29, 1.82) is 0 Å². The summed E-state index contributed by atoms with van der Waals surface area (Å²) in [6.45, 7) is 4.43. The maximum absolute atomic E-state index is 13.6. The Labute approximate surface area is 216 Å². The Morgan fingerprint density at radius 3 is 2.69 bits per heavy atom. The minimum absolute atomic E-state index is 0.0314. The summed E-state index contributed by atoms with van der Waals surface area (Å²) in [7, 11) is 0. The van der Waals surface area contributed by atoms with Crippen LogP contribution in [0, 0.1) is 0 Å². The Kier molecular flexibility index (Phi) is 7.60. The van der Waals surface area contributed by atoms with Gasteiger partial charge in [0, 0.05) is 11.4 Å². The molecular formula is C28H32N4O3S. The van der Waals surface area contributed by atoms with E-state index in [1.807, 2.05) is 61.0 Å². The molecule has 0 spiro atoms. The predicted octanol–water partition coefficient (Wildman–Crippen LogP) is 6.13. The van der Waals surface area contributed by atoms with Crippen molar-refractivity contribution in [3.8, 4) is 5.75 Å². The zero-order valence-electron chi connectivity index (χ0n) is 20.8. The zero-order chi connectivity index (χ0) is 24.9. The molecule has 0 amide bonds. The number of hydrogen-bond acceptors (Lipinski definition) is 7. The van der Waals surface area contributed by atoms with Crippen molar-refractivity contribution in [2.24, 2.45) is 0 Å². The number of carbonyl (C=O) groups excluding carboxylic acids is 1. The molecule has 1 atom stereocenters. The van der Waals surface area contributed by atoms with Crippen molar-refractivity contribution < 1.29 is 14.3 Å². The van der Waals surface area contributed by atoms with Gasteiger partial charge in [0.05, 0.1) is 12.2 Å². The van der Waals surface area contributed by atoms with Crippen LogP contribution in [0.5, 0.6) is 5.75 Å². The first-order valence-electron chi connectivity index (χ1n) is 12.7. The minimum atomic E-state index is -0.462. The molecule has 2 aromatic carbocycles. The van der Waals surface area contributed by atoms with Gasteiger partial charge >= 0.3 is 5.97 Å². The molecule has 1 N–H and O–H groups in total. The molecule has 188 valence electrons. The van der Waals surface area contributed by atoms with Gasteiger partial charge in [0.15, 0.2) is 0 Å². The van der Waals surface area contributed by atoms with Crippen molar-refractivity contribution in [2.45, 2.75) is 69.0 Å². The molecule has 1 saturated carbocycles. The fraction of sp³-hybridized carbons (Fsp3) is 0.393. The third-order valence-electron chi connectivity index (χ3n) is 6.57. The lowest BCUT2D eigenvalue weighted by atomic mass is 9.94. The van der Waals surface area contributed by atoms with Gasteiger partial charge < -0.3 is 14.8 Å². The lowest BCUT2D eigenvalue weighted by Gasteiger charge is -2.30. The van der Waals surface area contributed by atoms with E-state index in [0.717, 1.165) is 48.4 Å². The molecule has 1 aliphatic heterocycles.